The molecule has 1 saturated heterocycles. The Bertz CT molecular complexity index is 1610. The van der Waals surface area contributed by atoms with Gasteiger partial charge in [0.25, 0.3) is 0 Å². The minimum Gasteiger partial charge on any atom is -0.454 e. The molecular weight excluding hydrogens is 542 g/mol. The number of nitrogens with one attached hydrogen (secondary N) is 1. The molecule has 0 unspecified atom stereocenters. The first-order chi connectivity index (χ1) is 20.8. The third-order valence-electron chi connectivity index (χ3n) is 7.57. The number of ether oxygens (including phenoxy) is 2. The van der Waals surface area contributed by atoms with Gasteiger partial charge in [0.15, 0.2) is 28.5 Å². The van der Waals surface area contributed by atoms with E-state index in [2.05, 4.69) is 55.3 Å². The molecule has 0 aliphatic carbocycles. The highest BCUT2D eigenvalue weighted by Gasteiger charge is 2.25. The Kier molecular flexibility index (Phi) is 8.18. The van der Waals surface area contributed by atoms with Crippen molar-refractivity contribution in [3.63, 3.8) is 0 Å². The van der Waals surface area contributed by atoms with E-state index in [-0.39, 0.29) is 18.1 Å². The van der Waals surface area contributed by atoms with Gasteiger partial charge in [0, 0.05) is 45.7 Å². The number of hydrogen-bond donors (Lipinski definition) is 1. The van der Waals surface area contributed by atoms with E-state index < -0.39 is 0 Å². The number of anilines is 2. The molecule has 6 rings (SSSR count). The van der Waals surface area contributed by atoms with Crippen molar-refractivity contribution in [3.8, 4) is 11.5 Å². The molecule has 2 aliphatic heterocycles. The third-order valence-corrected chi connectivity index (χ3v) is 7.57. The molecular formula is C33H39N7O3. The maximum atomic E-state index is 13.0. The Morgan fingerprint density at radius 1 is 1.00 bits per heavy atom. The maximum Gasteiger partial charge on any atom is 0.231 e. The summed E-state index contributed by atoms with van der Waals surface area (Å²) in [5.41, 5.74) is 3.63. The number of allylic oxidation sites excluding steroid dienone is 1. The van der Waals surface area contributed by atoms with Crippen LogP contribution in [0.5, 0.6) is 11.5 Å². The minimum atomic E-state index is -0.0386. The summed E-state index contributed by atoms with van der Waals surface area (Å²) < 4.78 is 13.1. The number of aromatic nitrogens is 4. The van der Waals surface area contributed by atoms with Gasteiger partial charge in [-0.25, -0.2) is 4.98 Å². The fraction of sp³-hybridized carbons (Fsp3) is 0.394. The lowest BCUT2D eigenvalue weighted by atomic mass is 9.91. The minimum absolute atomic E-state index is 0.0386. The molecule has 4 heterocycles. The zero-order valence-corrected chi connectivity index (χ0v) is 25.1. The monoisotopic (exact) mass is 581 g/mol. The average molecular weight is 582 g/mol. The van der Waals surface area contributed by atoms with Crippen LogP contribution in [-0.2, 0) is 17.9 Å². The SMILES string of the molecule is CC(C)(C)CC(=O)N1CCCN(c2nc(NCc3ccc4c(c3)OCO4)c3ncn(CC=Cc4ccccc4)c3n2)CC1. The van der Waals surface area contributed by atoms with Crippen LogP contribution in [0.2, 0.25) is 0 Å². The summed E-state index contributed by atoms with van der Waals surface area (Å²) in [6, 6.07) is 16.2. The first-order valence-corrected chi connectivity index (χ1v) is 14.9. The second kappa shape index (κ2) is 12.3. The summed E-state index contributed by atoms with van der Waals surface area (Å²) in [4.78, 5) is 31.9. The van der Waals surface area contributed by atoms with E-state index in [0.29, 0.717) is 44.4 Å². The Morgan fingerprint density at radius 3 is 2.67 bits per heavy atom. The Hall–Kier alpha value is -4.60. The lowest BCUT2D eigenvalue weighted by Crippen LogP contribution is -2.37. The van der Waals surface area contributed by atoms with E-state index >= 15 is 0 Å². The molecule has 1 N–H and O–H groups in total. The highest BCUT2D eigenvalue weighted by molar-refractivity contribution is 5.84. The normalized spacial score (nSPS) is 15.3. The van der Waals surface area contributed by atoms with Gasteiger partial charge in [-0.2, -0.15) is 9.97 Å². The number of nitrogens with zero attached hydrogens (tertiary/aromatic N) is 6. The van der Waals surface area contributed by atoms with Crippen molar-refractivity contribution in [1.82, 2.24) is 24.4 Å². The Labute approximate surface area is 252 Å². The fourth-order valence-electron chi connectivity index (χ4n) is 5.37. The van der Waals surface area contributed by atoms with Crippen molar-refractivity contribution in [2.24, 2.45) is 5.41 Å². The molecule has 4 aromatic rings. The molecule has 43 heavy (non-hydrogen) atoms. The smallest absolute Gasteiger partial charge is 0.231 e. The van der Waals surface area contributed by atoms with Crippen molar-refractivity contribution in [2.75, 3.05) is 43.2 Å². The van der Waals surface area contributed by atoms with Gasteiger partial charge in [-0.1, -0.05) is 69.3 Å². The molecule has 0 saturated carbocycles. The number of hydrogen-bond acceptors (Lipinski definition) is 8. The van der Waals surface area contributed by atoms with E-state index in [1.165, 1.54) is 0 Å². The van der Waals surface area contributed by atoms with Gasteiger partial charge in [0.1, 0.15) is 0 Å². The summed E-state index contributed by atoms with van der Waals surface area (Å²) in [6.45, 7) is 10.6. The second-order valence-electron chi connectivity index (χ2n) is 12.3. The van der Waals surface area contributed by atoms with Crippen LogP contribution in [0.25, 0.3) is 17.2 Å². The molecule has 0 radical (unpaired) electrons. The van der Waals surface area contributed by atoms with Gasteiger partial charge >= 0.3 is 0 Å². The topological polar surface area (TPSA) is 97.6 Å². The van der Waals surface area contributed by atoms with E-state index in [1.807, 2.05) is 52.2 Å². The van der Waals surface area contributed by atoms with E-state index in [1.54, 1.807) is 0 Å². The number of fused-ring (bicyclic) bond motifs is 2. The van der Waals surface area contributed by atoms with Crippen LogP contribution in [-0.4, -0.2) is 63.3 Å². The van der Waals surface area contributed by atoms with E-state index in [0.717, 1.165) is 53.3 Å². The second-order valence-corrected chi connectivity index (χ2v) is 12.3. The predicted octanol–water partition coefficient (Wildman–Crippen LogP) is 5.36. The fourth-order valence-corrected chi connectivity index (χ4v) is 5.37. The molecule has 0 atom stereocenters. The van der Waals surface area contributed by atoms with Crippen LogP contribution in [0.1, 0.15) is 44.7 Å². The Morgan fingerprint density at radius 2 is 1.84 bits per heavy atom. The molecule has 1 amide bonds. The van der Waals surface area contributed by atoms with Crippen molar-refractivity contribution in [3.05, 3.63) is 72.1 Å². The van der Waals surface area contributed by atoms with Crippen LogP contribution in [0.3, 0.4) is 0 Å². The van der Waals surface area contributed by atoms with Crippen molar-refractivity contribution in [1.29, 1.82) is 0 Å². The van der Waals surface area contributed by atoms with E-state index in [4.69, 9.17) is 24.4 Å². The largest absolute Gasteiger partial charge is 0.454 e. The highest BCUT2D eigenvalue weighted by atomic mass is 16.7. The van der Waals surface area contributed by atoms with Crippen LogP contribution in [0, 0.1) is 5.41 Å². The van der Waals surface area contributed by atoms with Gasteiger partial charge in [-0.15, -0.1) is 0 Å². The van der Waals surface area contributed by atoms with Crippen molar-refractivity contribution >= 4 is 34.9 Å². The molecule has 0 bridgehead atoms. The lowest BCUT2D eigenvalue weighted by Gasteiger charge is -2.26. The van der Waals surface area contributed by atoms with Crippen LogP contribution in [0.4, 0.5) is 11.8 Å². The number of imidazole rings is 1. The predicted molar refractivity (Wildman–Crippen MR) is 168 cm³/mol. The molecule has 2 aliphatic rings. The number of carbonyl (C=O) groups excluding carboxylic acids is 1. The number of benzene rings is 2. The van der Waals surface area contributed by atoms with Gasteiger partial charge in [0.2, 0.25) is 18.6 Å². The lowest BCUT2D eigenvalue weighted by molar-refractivity contribution is -0.132. The molecule has 2 aromatic heterocycles. The van der Waals surface area contributed by atoms with Gasteiger partial charge in [0.05, 0.1) is 6.33 Å². The first kappa shape index (κ1) is 28.5. The molecule has 1 fully saturated rings. The zero-order valence-electron chi connectivity index (χ0n) is 25.1. The standard InChI is InChI=1S/C33H39N7O3/c1-33(2,3)20-28(41)38-15-8-16-39(18-17-38)32-36-30(34-21-25-12-13-26-27(19-25)43-23-42-26)29-31(37-32)40(22-35-29)14-7-11-24-9-5-4-6-10-24/h4-7,9-13,19,22H,8,14-18,20-21,23H2,1-3H3,(H,34,36,37). The van der Waals surface area contributed by atoms with Crippen molar-refractivity contribution in [2.45, 2.75) is 46.7 Å². The average Bonchev–Trinajstić information content (AvgIpc) is 3.54. The maximum absolute atomic E-state index is 13.0. The van der Waals surface area contributed by atoms with Gasteiger partial charge < -0.3 is 29.2 Å². The zero-order chi connectivity index (χ0) is 29.8. The molecule has 2 aromatic carbocycles. The Balaban J connectivity index is 1.26. The van der Waals surface area contributed by atoms with Crippen LogP contribution in [0.15, 0.2) is 60.9 Å². The summed E-state index contributed by atoms with van der Waals surface area (Å²) in [5.74, 6) is 3.03. The van der Waals surface area contributed by atoms with Gasteiger partial charge in [-0.3, -0.25) is 4.79 Å². The quantitative estimate of drug-likeness (QED) is 0.297. The number of amides is 1. The number of carbonyl (C=O) groups is 1. The molecule has 10 heteroatoms. The summed E-state index contributed by atoms with van der Waals surface area (Å²) in [7, 11) is 0. The van der Waals surface area contributed by atoms with Gasteiger partial charge in [-0.05, 0) is 35.1 Å². The van der Waals surface area contributed by atoms with Crippen LogP contribution >= 0.6 is 0 Å². The molecule has 224 valence electrons. The summed E-state index contributed by atoms with van der Waals surface area (Å²) in [5, 5.41) is 3.51. The summed E-state index contributed by atoms with van der Waals surface area (Å²) in [6.07, 6.45) is 7.43. The van der Waals surface area contributed by atoms with Crippen molar-refractivity contribution < 1.29 is 14.3 Å². The highest BCUT2D eigenvalue weighted by Crippen LogP contribution is 2.33. The molecule has 10 nitrogen and oxygen atoms in total. The van der Waals surface area contributed by atoms with E-state index in [9.17, 15) is 4.79 Å². The molecule has 0 spiro atoms. The summed E-state index contributed by atoms with van der Waals surface area (Å²) >= 11 is 0. The first-order valence-electron chi connectivity index (χ1n) is 14.9. The third kappa shape index (κ3) is 6.90. The van der Waals surface area contributed by atoms with Crippen LogP contribution < -0.4 is 19.7 Å². The number of rotatable bonds is 8.